The lowest BCUT2D eigenvalue weighted by Gasteiger charge is -2.24. The third-order valence-corrected chi connectivity index (χ3v) is 10.2. The number of benzene rings is 3. The standard InChI is InChI=1S/C33H42N2O7S2/c1-24(2)17-21-44(41,42)35(19-16-26-11-6-5-7-12-26)23-27-14-15-29(30(22-27)28-13-9-8-10-25(28)3)32(36)34-31(33(37)38)18-20-43(4,39)40/h5-15,22,24,31H,16-21,23H2,1-4H3,(H,34,36)(H,37,38). The van der Waals surface area contributed by atoms with Crippen molar-refractivity contribution in [1.82, 2.24) is 9.62 Å². The van der Waals surface area contributed by atoms with Crippen LogP contribution in [0.15, 0.2) is 72.8 Å². The first kappa shape index (κ1) is 34.9. The fraction of sp³-hybridized carbons (Fsp3) is 0.394. The van der Waals surface area contributed by atoms with Gasteiger partial charge in [0.1, 0.15) is 15.9 Å². The highest BCUT2D eigenvalue weighted by Gasteiger charge is 2.26. The fourth-order valence-corrected chi connectivity index (χ4v) is 7.15. The number of nitrogens with zero attached hydrogens (tertiary/aromatic N) is 1. The van der Waals surface area contributed by atoms with Crippen LogP contribution < -0.4 is 5.32 Å². The highest BCUT2D eigenvalue weighted by molar-refractivity contribution is 7.90. The largest absolute Gasteiger partial charge is 0.480 e. The van der Waals surface area contributed by atoms with Crippen molar-refractivity contribution >= 4 is 31.7 Å². The predicted octanol–water partition coefficient (Wildman–Crippen LogP) is 4.70. The molecule has 3 aromatic rings. The summed E-state index contributed by atoms with van der Waals surface area (Å²) < 4.78 is 51.8. The Morgan fingerprint density at radius 1 is 0.841 bits per heavy atom. The van der Waals surface area contributed by atoms with Crippen molar-refractivity contribution in [3.05, 3.63) is 95.1 Å². The lowest BCUT2D eigenvalue weighted by molar-refractivity contribution is -0.139. The molecular weight excluding hydrogens is 601 g/mol. The van der Waals surface area contributed by atoms with Crippen LogP contribution in [0, 0.1) is 12.8 Å². The van der Waals surface area contributed by atoms with Crippen LogP contribution in [0.3, 0.4) is 0 Å². The lowest BCUT2D eigenvalue weighted by atomic mass is 9.93. The smallest absolute Gasteiger partial charge is 0.326 e. The van der Waals surface area contributed by atoms with Crippen LogP contribution in [0.4, 0.5) is 0 Å². The van der Waals surface area contributed by atoms with E-state index in [4.69, 9.17) is 0 Å². The van der Waals surface area contributed by atoms with Gasteiger partial charge in [-0.3, -0.25) is 4.79 Å². The van der Waals surface area contributed by atoms with Gasteiger partial charge in [-0.15, -0.1) is 0 Å². The van der Waals surface area contributed by atoms with Gasteiger partial charge in [0, 0.05) is 24.9 Å². The van der Waals surface area contributed by atoms with E-state index in [1.807, 2.05) is 75.4 Å². The number of carboxylic acids is 1. The summed E-state index contributed by atoms with van der Waals surface area (Å²) in [6, 6.07) is 20.7. The summed E-state index contributed by atoms with van der Waals surface area (Å²) in [6.07, 6.45) is 1.80. The number of nitrogens with one attached hydrogen (secondary N) is 1. The average molecular weight is 643 g/mol. The number of hydrogen-bond donors (Lipinski definition) is 2. The van der Waals surface area contributed by atoms with E-state index in [9.17, 15) is 31.5 Å². The molecule has 0 saturated heterocycles. The second kappa shape index (κ2) is 15.5. The first-order valence-corrected chi connectivity index (χ1v) is 18.3. The molecule has 3 rings (SSSR count). The molecule has 0 aliphatic rings. The molecule has 0 fully saturated rings. The molecular formula is C33H42N2O7S2. The van der Waals surface area contributed by atoms with E-state index < -0.39 is 43.5 Å². The molecule has 1 atom stereocenters. The van der Waals surface area contributed by atoms with Crippen molar-refractivity contribution in [1.29, 1.82) is 0 Å². The van der Waals surface area contributed by atoms with Crippen LogP contribution in [-0.4, -0.2) is 68.5 Å². The summed E-state index contributed by atoms with van der Waals surface area (Å²) in [4.78, 5) is 25.3. The molecule has 0 radical (unpaired) electrons. The molecule has 0 spiro atoms. The number of carbonyl (C=O) groups excluding carboxylic acids is 1. The molecule has 44 heavy (non-hydrogen) atoms. The molecule has 2 N–H and O–H groups in total. The fourth-order valence-electron chi connectivity index (χ4n) is 4.74. The monoisotopic (exact) mass is 642 g/mol. The molecule has 238 valence electrons. The summed E-state index contributed by atoms with van der Waals surface area (Å²) in [5, 5.41) is 12.1. The van der Waals surface area contributed by atoms with Crippen molar-refractivity contribution in [3.8, 4) is 11.1 Å². The van der Waals surface area contributed by atoms with Gasteiger partial charge in [0.15, 0.2) is 0 Å². The number of carboxylic acid groups (broad SMARTS) is 1. The van der Waals surface area contributed by atoms with Crippen molar-refractivity contribution in [2.75, 3.05) is 24.3 Å². The van der Waals surface area contributed by atoms with Gasteiger partial charge >= 0.3 is 5.97 Å². The maximum atomic E-state index is 13.5. The number of rotatable bonds is 16. The van der Waals surface area contributed by atoms with Crippen LogP contribution in [-0.2, 0) is 37.6 Å². The van der Waals surface area contributed by atoms with Crippen molar-refractivity contribution in [2.45, 2.75) is 52.6 Å². The minimum absolute atomic E-state index is 0.0225. The van der Waals surface area contributed by atoms with Gasteiger partial charge in [-0.05, 0) is 72.1 Å². The topological polar surface area (TPSA) is 138 Å². The SMILES string of the molecule is Cc1ccccc1-c1cc(CN(CCc2ccccc2)S(=O)(=O)CCC(C)C)ccc1C(=O)NC(CCS(C)(=O)=O)C(=O)O. The number of aliphatic carboxylic acids is 1. The van der Waals surface area contributed by atoms with Gasteiger partial charge in [0.05, 0.1) is 11.5 Å². The first-order chi connectivity index (χ1) is 20.7. The van der Waals surface area contributed by atoms with Crippen LogP contribution >= 0.6 is 0 Å². The molecule has 1 unspecified atom stereocenters. The molecule has 1 amide bonds. The Morgan fingerprint density at radius 3 is 2.11 bits per heavy atom. The summed E-state index contributed by atoms with van der Waals surface area (Å²) in [7, 11) is -7.04. The van der Waals surface area contributed by atoms with Gasteiger partial charge in [0.25, 0.3) is 5.91 Å². The summed E-state index contributed by atoms with van der Waals surface area (Å²) in [6.45, 7) is 6.24. The molecule has 0 aliphatic carbocycles. The Balaban J connectivity index is 1.99. The summed E-state index contributed by atoms with van der Waals surface area (Å²) in [5.41, 5.74) is 4.03. The van der Waals surface area contributed by atoms with Gasteiger partial charge in [-0.1, -0.05) is 74.5 Å². The minimum Gasteiger partial charge on any atom is -0.480 e. The number of aryl methyl sites for hydroxylation is 1. The number of hydrogen-bond acceptors (Lipinski definition) is 6. The normalized spacial score (nSPS) is 12.8. The molecule has 11 heteroatoms. The second-order valence-electron chi connectivity index (χ2n) is 11.5. The zero-order valence-electron chi connectivity index (χ0n) is 25.7. The minimum atomic E-state index is -3.60. The molecule has 3 aromatic carbocycles. The van der Waals surface area contributed by atoms with E-state index >= 15 is 0 Å². The zero-order valence-corrected chi connectivity index (χ0v) is 27.3. The van der Waals surface area contributed by atoms with Gasteiger partial charge in [0.2, 0.25) is 10.0 Å². The van der Waals surface area contributed by atoms with Crippen LogP contribution in [0.5, 0.6) is 0 Å². The highest BCUT2D eigenvalue weighted by Crippen LogP contribution is 2.29. The Kier molecular flexibility index (Phi) is 12.3. The molecule has 0 heterocycles. The average Bonchev–Trinajstić information content (AvgIpc) is 2.96. The third-order valence-electron chi connectivity index (χ3n) is 7.34. The Hall–Kier alpha value is -3.54. The molecule has 0 saturated carbocycles. The van der Waals surface area contributed by atoms with Gasteiger partial charge < -0.3 is 10.4 Å². The van der Waals surface area contributed by atoms with Crippen LogP contribution in [0.25, 0.3) is 11.1 Å². The number of sulfone groups is 1. The van der Waals surface area contributed by atoms with E-state index in [2.05, 4.69) is 5.32 Å². The van der Waals surface area contributed by atoms with Crippen molar-refractivity contribution < 1.29 is 31.5 Å². The number of carbonyl (C=O) groups is 2. The van der Waals surface area contributed by atoms with E-state index in [1.165, 1.54) is 4.31 Å². The summed E-state index contributed by atoms with van der Waals surface area (Å²) in [5.74, 6) is -2.15. The van der Waals surface area contributed by atoms with Gasteiger partial charge in [-0.25, -0.2) is 21.6 Å². The highest BCUT2D eigenvalue weighted by atomic mass is 32.2. The molecule has 9 nitrogen and oxygen atoms in total. The Morgan fingerprint density at radius 2 is 1.50 bits per heavy atom. The molecule has 0 aromatic heterocycles. The van der Waals surface area contributed by atoms with Crippen LogP contribution in [0.2, 0.25) is 0 Å². The molecule has 0 bridgehead atoms. The maximum Gasteiger partial charge on any atom is 0.326 e. The zero-order chi connectivity index (χ0) is 32.5. The number of sulfonamides is 1. The second-order valence-corrected chi connectivity index (χ2v) is 15.9. The van der Waals surface area contributed by atoms with E-state index in [0.29, 0.717) is 24.0 Å². The van der Waals surface area contributed by atoms with Crippen LogP contribution in [0.1, 0.15) is 53.7 Å². The van der Waals surface area contributed by atoms with Gasteiger partial charge in [-0.2, -0.15) is 4.31 Å². The maximum absolute atomic E-state index is 13.5. The Labute approximate surface area is 261 Å². The van der Waals surface area contributed by atoms with Crippen molar-refractivity contribution in [2.24, 2.45) is 5.92 Å². The quantitative estimate of drug-likeness (QED) is 0.231. The number of amides is 1. The van der Waals surface area contributed by atoms with E-state index in [1.54, 1.807) is 18.2 Å². The Bertz CT molecular complexity index is 1650. The molecule has 0 aliphatic heterocycles. The third kappa shape index (κ3) is 10.6. The first-order valence-electron chi connectivity index (χ1n) is 14.6. The van der Waals surface area contributed by atoms with E-state index in [-0.39, 0.29) is 36.7 Å². The predicted molar refractivity (Wildman–Crippen MR) is 174 cm³/mol. The van der Waals surface area contributed by atoms with E-state index in [0.717, 1.165) is 22.9 Å². The lowest BCUT2D eigenvalue weighted by Crippen LogP contribution is -2.42. The summed E-state index contributed by atoms with van der Waals surface area (Å²) >= 11 is 0. The van der Waals surface area contributed by atoms with Crippen molar-refractivity contribution in [3.63, 3.8) is 0 Å².